The van der Waals surface area contributed by atoms with Gasteiger partial charge in [0.05, 0.1) is 31.4 Å². The number of carbonyl (C=O) groups excluding carboxylic acids is 1. The summed E-state index contributed by atoms with van der Waals surface area (Å²) in [5.74, 6) is -0.0369. The summed E-state index contributed by atoms with van der Waals surface area (Å²) in [6.07, 6.45) is 6.27. The predicted octanol–water partition coefficient (Wildman–Crippen LogP) is 3.14. The van der Waals surface area contributed by atoms with Crippen LogP contribution in [0.4, 0.5) is 0 Å². The number of nitrogens with zero attached hydrogens (tertiary/aromatic N) is 3. The summed E-state index contributed by atoms with van der Waals surface area (Å²) in [6.45, 7) is 5.16. The number of rotatable bonds is 8. The lowest BCUT2D eigenvalue weighted by atomic mass is 9.95. The maximum absolute atomic E-state index is 13.4. The molecule has 0 radical (unpaired) electrons. The maximum atomic E-state index is 13.4. The van der Waals surface area contributed by atoms with Crippen molar-refractivity contribution in [3.63, 3.8) is 0 Å². The van der Waals surface area contributed by atoms with Crippen LogP contribution in [0.3, 0.4) is 0 Å². The average Bonchev–Trinajstić information content (AvgIpc) is 3.49. The van der Waals surface area contributed by atoms with Crippen LogP contribution in [0.5, 0.6) is 0 Å². The van der Waals surface area contributed by atoms with Crippen molar-refractivity contribution in [3.8, 4) is 0 Å². The Morgan fingerprint density at radius 2 is 2.28 bits per heavy atom. The maximum Gasteiger partial charge on any atom is 0.229 e. The standard InChI is InChI=1S/C22H28N4O3/c1-3-25(14-16-12-23-20-7-5-4-6-18(16)20)22(27)19-8-10-29-21(19)17-13-24-26(15-17)9-11-28-2/h4-7,12-13,15,19,21,23H,3,8-11,14H2,1-2H3/t19-,21+/m0/s1. The number of aromatic amines is 1. The Kier molecular flexibility index (Phi) is 5.97. The van der Waals surface area contributed by atoms with Gasteiger partial charge in [0.15, 0.2) is 0 Å². The molecule has 0 saturated carbocycles. The highest BCUT2D eigenvalue weighted by Crippen LogP contribution is 2.36. The molecule has 0 spiro atoms. The molecular formula is C22H28N4O3. The summed E-state index contributed by atoms with van der Waals surface area (Å²) in [5.41, 5.74) is 3.19. The van der Waals surface area contributed by atoms with Gasteiger partial charge in [0.25, 0.3) is 0 Å². The van der Waals surface area contributed by atoms with Crippen LogP contribution >= 0.6 is 0 Å². The number of para-hydroxylation sites is 1. The van der Waals surface area contributed by atoms with Gasteiger partial charge in [-0.15, -0.1) is 0 Å². The number of ether oxygens (including phenoxy) is 2. The van der Waals surface area contributed by atoms with Crippen molar-refractivity contribution in [1.82, 2.24) is 19.7 Å². The number of carbonyl (C=O) groups is 1. The van der Waals surface area contributed by atoms with E-state index in [0.717, 1.165) is 28.5 Å². The van der Waals surface area contributed by atoms with E-state index in [0.29, 0.717) is 32.8 Å². The summed E-state index contributed by atoms with van der Waals surface area (Å²) < 4.78 is 12.9. The highest BCUT2D eigenvalue weighted by Gasteiger charge is 2.38. The van der Waals surface area contributed by atoms with Crippen LogP contribution < -0.4 is 0 Å². The minimum Gasteiger partial charge on any atom is -0.383 e. The lowest BCUT2D eigenvalue weighted by molar-refractivity contribution is -0.137. The molecule has 1 fully saturated rings. The normalized spacial score (nSPS) is 19.1. The van der Waals surface area contributed by atoms with Crippen LogP contribution in [0.2, 0.25) is 0 Å². The van der Waals surface area contributed by atoms with Crippen LogP contribution in [-0.2, 0) is 27.4 Å². The second-order valence-electron chi connectivity index (χ2n) is 7.43. The van der Waals surface area contributed by atoms with Crippen molar-refractivity contribution < 1.29 is 14.3 Å². The second-order valence-corrected chi connectivity index (χ2v) is 7.43. The molecular weight excluding hydrogens is 368 g/mol. The van der Waals surface area contributed by atoms with Gasteiger partial charge in [0.2, 0.25) is 5.91 Å². The first-order chi connectivity index (χ1) is 14.2. The zero-order valence-corrected chi connectivity index (χ0v) is 17.0. The highest BCUT2D eigenvalue weighted by atomic mass is 16.5. The fraction of sp³-hybridized carbons (Fsp3) is 0.455. The summed E-state index contributed by atoms with van der Waals surface area (Å²) in [7, 11) is 1.67. The Hall–Kier alpha value is -2.64. The number of nitrogens with one attached hydrogen (secondary N) is 1. The molecule has 1 amide bonds. The molecule has 154 valence electrons. The molecule has 2 atom stereocenters. The first-order valence-electron chi connectivity index (χ1n) is 10.2. The number of hydrogen-bond donors (Lipinski definition) is 1. The van der Waals surface area contributed by atoms with E-state index in [-0.39, 0.29) is 17.9 Å². The third kappa shape index (κ3) is 4.06. The minimum atomic E-state index is -0.240. The minimum absolute atomic E-state index is 0.143. The summed E-state index contributed by atoms with van der Waals surface area (Å²) in [4.78, 5) is 18.6. The van der Waals surface area contributed by atoms with Gasteiger partial charge >= 0.3 is 0 Å². The quantitative estimate of drug-likeness (QED) is 0.635. The van der Waals surface area contributed by atoms with Crippen LogP contribution in [0.1, 0.15) is 30.6 Å². The van der Waals surface area contributed by atoms with Gasteiger partial charge < -0.3 is 19.4 Å². The summed E-state index contributed by atoms with van der Waals surface area (Å²) >= 11 is 0. The lowest BCUT2D eigenvalue weighted by Crippen LogP contribution is -2.36. The number of amides is 1. The van der Waals surface area contributed by atoms with Gasteiger partial charge in [-0.1, -0.05) is 18.2 Å². The third-order valence-electron chi connectivity index (χ3n) is 5.64. The Bertz CT molecular complexity index is 964. The van der Waals surface area contributed by atoms with Gasteiger partial charge in [-0.3, -0.25) is 9.48 Å². The van der Waals surface area contributed by atoms with Gasteiger partial charge in [0, 0.05) is 55.7 Å². The topological polar surface area (TPSA) is 72.4 Å². The molecule has 2 aromatic heterocycles. The monoisotopic (exact) mass is 396 g/mol. The molecule has 4 rings (SSSR count). The van der Waals surface area contributed by atoms with Crippen molar-refractivity contribution in [2.24, 2.45) is 5.92 Å². The first kappa shape index (κ1) is 19.7. The number of fused-ring (bicyclic) bond motifs is 1. The predicted molar refractivity (Wildman–Crippen MR) is 110 cm³/mol. The molecule has 3 heterocycles. The zero-order chi connectivity index (χ0) is 20.2. The number of hydrogen-bond acceptors (Lipinski definition) is 4. The fourth-order valence-corrected chi connectivity index (χ4v) is 4.05. The number of benzene rings is 1. The van der Waals surface area contributed by atoms with Gasteiger partial charge in [0.1, 0.15) is 0 Å². The van der Waals surface area contributed by atoms with E-state index in [9.17, 15) is 4.79 Å². The van der Waals surface area contributed by atoms with Gasteiger partial charge in [-0.05, 0) is 25.0 Å². The molecule has 1 aliphatic heterocycles. The van der Waals surface area contributed by atoms with Crippen molar-refractivity contribution >= 4 is 16.8 Å². The molecule has 29 heavy (non-hydrogen) atoms. The van der Waals surface area contributed by atoms with Crippen LogP contribution in [0.15, 0.2) is 42.9 Å². The van der Waals surface area contributed by atoms with Gasteiger partial charge in [-0.25, -0.2) is 0 Å². The lowest BCUT2D eigenvalue weighted by Gasteiger charge is -2.26. The molecule has 0 unspecified atom stereocenters. The molecule has 1 saturated heterocycles. The van der Waals surface area contributed by atoms with E-state index in [1.807, 2.05) is 47.2 Å². The fourth-order valence-electron chi connectivity index (χ4n) is 4.05. The Morgan fingerprint density at radius 3 is 3.10 bits per heavy atom. The molecule has 1 aromatic carbocycles. The van der Waals surface area contributed by atoms with Crippen LogP contribution in [0, 0.1) is 5.92 Å². The first-order valence-corrected chi connectivity index (χ1v) is 10.2. The van der Waals surface area contributed by atoms with Crippen molar-refractivity contribution in [2.45, 2.75) is 32.5 Å². The van der Waals surface area contributed by atoms with E-state index in [1.165, 1.54) is 0 Å². The Balaban J connectivity index is 1.49. The van der Waals surface area contributed by atoms with E-state index in [2.05, 4.69) is 22.2 Å². The zero-order valence-electron chi connectivity index (χ0n) is 17.0. The molecule has 0 aliphatic carbocycles. The molecule has 7 nitrogen and oxygen atoms in total. The molecule has 3 aromatic rings. The Labute approximate surface area is 170 Å². The van der Waals surface area contributed by atoms with Gasteiger partial charge in [-0.2, -0.15) is 5.10 Å². The number of aromatic nitrogens is 3. The molecule has 0 bridgehead atoms. The summed E-state index contributed by atoms with van der Waals surface area (Å²) in [5, 5.41) is 5.54. The van der Waals surface area contributed by atoms with E-state index < -0.39 is 0 Å². The van der Waals surface area contributed by atoms with Crippen LogP contribution in [-0.4, -0.2) is 52.4 Å². The van der Waals surface area contributed by atoms with Crippen molar-refractivity contribution in [2.75, 3.05) is 26.9 Å². The van der Waals surface area contributed by atoms with E-state index in [4.69, 9.17) is 9.47 Å². The third-order valence-corrected chi connectivity index (χ3v) is 5.64. The largest absolute Gasteiger partial charge is 0.383 e. The average molecular weight is 396 g/mol. The molecule has 1 N–H and O–H groups in total. The molecule has 1 aliphatic rings. The van der Waals surface area contributed by atoms with E-state index in [1.54, 1.807) is 7.11 Å². The summed E-state index contributed by atoms with van der Waals surface area (Å²) in [6, 6.07) is 8.19. The smallest absolute Gasteiger partial charge is 0.229 e. The van der Waals surface area contributed by atoms with Crippen molar-refractivity contribution in [1.29, 1.82) is 0 Å². The number of H-pyrrole nitrogens is 1. The number of methoxy groups -OCH3 is 1. The molecule has 7 heteroatoms. The SMILES string of the molecule is CCN(Cc1c[nH]c2ccccc12)C(=O)[C@H]1CCO[C@@H]1c1cnn(CCOC)c1. The highest BCUT2D eigenvalue weighted by molar-refractivity contribution is 5.84. The van der Waals surface area contributed by atoms with Crippen LogP contribution in [0.25, 0.3) is 10.9 Å². The Morgan fingerprint density at radius 1 is 1.41 bits per heavy atom. The van der Waals surface area contributed by atoms with E-state index >= 15 is 0 Å². The van der Waals surface area contributed by atoms with Crippen molar-refractivity contribution in [3.05, 3.63) is 54.0 Å². The second kappa shape index (κ2) is 8.80.